The highest BCUT2D eigenvalue weighted by Gasteiger charge is 2.41. The number of carbonyl (C=O) groups is 5. The highest BCUT2D eigenvalue weighted by Crippen LogP contribution is 2.26. The molecule has 2 aliphatic heterocycles. The number of thiazole rings is 1. The van der Waals surface area contributed by atoms with Gasteiger partial charge >= 0.3 is 6.09 Å². The summed E-state index contributed by atoms with van der Waals surface area (Å²) < 4.78 is 6.20. The van der Waals surface area contributed by atoms with Crippen LogP contribution in [-0.2, 0) is 19.1 Å². The van der Waals surface area contributed by atoms with Crippen LogP contribution in [0.15, 0.2) is 24.3 Å². The zero-order valence-corrected chi connectivity index (χ0v) is 25.0. The number of amides is 4. The van der Waals surface area contributed by atoms with Gasteiger partial charge in [-0.3, -0.25) is 19.2 Å². The largest absolute Gasteiger partial charge is 0.444 e. The van der Waals surface area contributed by atoms with Crippen LogP contribution in [0.25, 0.3) is 10.2 Å². The monoisotopic (exact) mass is 585 g/mol. The smallest absolute Gasteiger partial charge is 0.408 e. The lowest BCUT2D eigenvalue weighted by Gasteiger charge is -2.32. The number of rotatable bonds is 9. The van der Waals surface area contributed by atoms with Gasteiger partial charge in [0.05, 0.1) is 16.3 Å². The van der Waals surface area contributed by atoms with E-state index in [2.05, 4.69) is 20.9 Å². The number of ketones is 1. The first-order valence-electron chi connectivity index (χ1n) is 14.1. The molecule has 3 N–H and O–H groups in total. The third-order valence-electron chi connectivity index (χ3n) is 7.26. The minimum absolute atomic E-state index is 0.141. The molecule has 222 valence electrons. The first kappa shape index (κ1) is 30.4. The fourth-order valence-electron chi connectivity index (χ4n) is 5.21. The van der Waals surface area contributed by atoms with Crippen molar-refractivity contribution in [3.8, 4) is 0 Å². The SMILES string of the molecule is CC(C)[C@H](NC(=O)OC(C)(C)C)C(=O)N1CCC[C@H]1C(=O)N[C@@H](C[C@@H]1CCNC1=O)C(=O)c1nc2ccccc2s1. The van der Waals surface area contributed by atoms with Gasteiger partial charge in [0.15, 0.2) is 5.01 Å². The predicted octanol–water partition coefficient (Wildman–Crippen LogP) is 3.03. The van der Waals surface area contributed by atoms with E-state index in [0.717, 1.165) is 4.70 Å². The topological polar surface area (TPSA) is 147 Å². The molecule has 0 saturated carbocycles. The van der Waals surface area contributed by atoms with Crippen LogP contribution in [0, 0.1) is 11.8 Å². The van der Waals surface area contributed by atoms with Gasteiger partial charge in [0, 0.05) is 19.0 Å². The number of hydrogen-bond donors (Lipinski definition) is 3. The molecule has 4 atom stereocenters. The Kier molecular flexibility index (Phi) is 9.31. The number of para-hydroxylation sites is 1. The molecule has 2 saturated heterocycles. The van der Waals surface area contributed by atoms with Gasteiger partial charge in [0.1, 0.15) is 17.7 Å². The molecule has 41 heavy (non-hydrogen) atoms. The molecule has 0 radical (unpaired) electrons. The molecular weight excluding hydrogens is 546 g/mol. The number of Topliss-reactive ketones (excluding diaryl/α,β-unsaturated/α-hetero) is 1. The molecule has 2 fully saturated rings. The van der Waals surface area contributed by atoms with Crippen molar-refractivity contribution in [2.75, 3.05) is 13.1 Å². The quantitative estimate of drug-likeness (QED) is 0.383. The minimum Gasteiger partial charge on any atom is -0.444 e. The summed E-state index contributed by atoms with van der Waals surface area (Å²) in [5, 5.41) is 8.58. The van der Waals surface area contributed by atoms with Crippen molar-refractivity contribution in [1.29, 1.82) is 0 Å². The summed E-state index contributed by atoms with van der Waals surface area (Å²) >= 11 is 1.24. The van der Waals surface area contributed by atoms with Crippen molar-refractivity contribution in [3.05, 3.63) is 29.3 Å². The van der Waals surface area contributed by atoms with Crippen LogP contribution in [0.5, 0.6) is 0 Å². The fraction of sp³-hybridized carbons (Fsp3) is 0.586. The van der Waals surface area contributed by atoms with Gasteiger partial charge in [-0.05, 0) is 64.5 Å². The Morgan fingerprint density at radius 1 is 1.15 bits per heavy atom. The summed E-state index contributed by atoms with van der Waals surface area (Å²) in [4.78, 5) is 71.7. The lowest BCUT2D eigenvalue weighted by molar-refractivity contribution is -0.141. The van der Waals surface area contributed by atoms with E-state index in [1.807, 2.05) is 38.1 Å². The molecular formula is C29H39N5O6S. The molecule has 0 aliphatic carbocycles. The third-order valence-corrected chi connectivity index (χ3v) is 8.32. The molecule has 4 amide bonds. The molecule has 1 aromatic heterocycles. The Bertz CT molecular complexity index is 1290. The molecule has 12 heteroatoms. The van der Waals surface area contributed by atoms with Gasteiger partial charge in [-0.25, -0.2) is 9.78 Å². The van der Waals surface area contributed by atoms with Crippen LogP contribution in [0.2, 0.25) is 0 Å². The third kappa shape index (κ3) is 7.41. The zero-order chi connectivity index (χ0) is 29.9. The second kappa shape index (κ2) is 12.5. The standard InChI is InChI=1S/C29H39N5O6S/c1-16(2)22(33-28(39)40-29(3,4)5)27(38)34-14-8-10-20(34)25(37)31-19(15-17-12-13-30-24(17)36)23(35)26-32-18-9-6-7-11-21(18)41-26/h6-7,9,11,16-17,19-20,22H,8,10,12-15H2,1-5H3,(H,30,36)(H,31,37)(H,33,39)/t17-,19-,20-,22-/m0/s1. The van der Waals surface area contributed by atoms with E-state index in [0.29, 0.717) is 37.9 Å². The molecule has 2 aromatic rings. The lowest BCUT2D eigenvalue weighted by Crippen LogP contribution is -2.57. The molecule has 1 aromatic carbocycles. The van der Waals surface area contributed by atoms with E-state index in [1.165, 1.54) is 16.2 Å². The van der Waals surface area contributed by atoms with E-state index < -0.39 is 41.6 Å². The van der Waals surface area contributed by atoms with Gasteiger partial charge < -0.3 is 25.6 Å². The maximum Gasteiger partial charge on any atom is 0.408 e. The first-order chi connectivity index (χ1) is 19.3. The Morgan fingerprint density at radius 3 is 2.51 bits per heavy atom. The van der Waals surface area contributed by atoms with Crippen molar-refractivity contribution in [2.45, 2.75) is 84.0 Å². The van der Waals surface area contributed by atoms with Gasteiger partial charge in [-0.2, -0.15) is 0 Å². The van der Waals surface area contributed by atoms with Crippen LogP contribution < -0.4 is 16.0 Å². The number of benzene rings is 1. The van der Waals surface area contributed by atoms with Crippen LogP contribution in [0.3, 0.4) is 0 Å². The number of carbonyl (C=O) groups excluding carboxylic acids is 5. The minimum atomic E-state index is -0.977. The summed E-state index contributed by atoms with van der Waals surface area (Å²) in [5.74, 6) is -2.02. The average molecular weight is 586 g/mol. The Hall–Kier alpha value is -3.54. The van der Waals surface area contributed by atoms with Crippen molar-refractivity contribution in [3.63, 3.8) is 0 Å². The van der Waals surface area contributed by atoms with Crippen LogP contribution in [-0.4, -0.2) is 76.3 Å². The first-order valence-corrected chi connectivity index (χ1v) is 14.9. The molecule has 0 spiro atoms. The number of alkyl carbamates (subject to hydrolysis) is 1. The van der Waals surface area contributed by atoms with E-state index >= 15 is 0 Å². The number of aromatic nitrogens is 1. The number of ether oxygens (including phenoxy) is 1. The predicted molar refractivity (Wildman–Crippen MR) is 154 cm³/mol. The van der Waals surface area contributed by atoms with Crippen molar-refractivity contribution in [2.24, 2.45) is 11.8 Å². The maximum atomic E-state index is 13.7. The number of likely N-dealkylation sites (tertiary alicyclic amines) is 1. The number of hydrogen-bond acceptors (Lipinski definition) is 8. The summed E-state index contributed by atoms with van der Waals surface area (Å²) in [6.07, 6.45) is 1.02. The van der Waals surface area contributed by atoms with Crippen molar-refractivity contribution in [1.82, 2.24) is 25.8 Å². The van der Waals surface area contributed by atoms with Gasteiger partial charge in [-0.15, -0.1) is 11.3 Å². The number of nitrogens with zero attached hydrogens (tertiary/aromatic N) is 2. The second-order valence-electron chi connectivity index (χ2n) is 12.0. The molecule has 2 aliphatic rings. The normalized spacial score (nSPS) is 20.5. The second-order valence-corrected chi connectivity index (χ2v) is 13.0. The fourth-order valence-corrected chi connectivity index (χ4v) is 6.17. The Morgan fingerprint density at radius 2 is 1.88 bits per heavy atom. The van der Waals surface area contributed by atoms with E-state index in [4.69, 9.17) is 4.74 Å². The zero-order valence-electron chi connectivity index (χ0n) is 24.2. The van der Waals surface area contributed by atoms with E-state index in [-0.39, 0.29) is 34.9 Å². The van der Waals surface area contributed by atoms with Crippen molar-refractivity contribution >= 4 is 51.2 Å². The van der Waals surface area contributed by atoms with Gasteiger partial charge in [-0.1, -0.05) is 26.0 Å². The summed E-state index contributed by atoms with van der Waals surface area (Å²) in [7, 11) is 0. The molecule has 4 rings (SSSR count). The van der Waals surface area contributed by atoms with Crippen LogP contribution in [0.1, 0.15) is 70.1 Å². The highest BCUT2D eigenvalue weighted by atomic mass is 32.1. The maximum absolute atomic E-state index is 13.7. The molecule has 11 nitrogen and oxygen atoms in total. The number of nitrogens with one attached hydrogen (secondary N) is 3. The van der Waals surface area contributed by atoms with E-state index in [1.54, 1.807) is 20.8 Å². The highest BCUT2D eigenvalue weighted by molar-refractivity contribution is 7.20. The van der Waals surface area contributed by atoms with Gasteiger partial charge in [0.25, 0.3) is 0 Å². The Balaban J connectivity index is 1.52. The Labute approximate surface area is 243 Å². The molecule has 3 heterocycles. The number of fused-ring (bicyclic) bond motifs is 1. The molecule has 0 bridgehead atoms. The lowest BCUT2D eigenvalue weighted by atomic mass is 9.95. The van der Waals surface area contributed by atoms with Crippen LogP contribution >= 0.6 is 11.3 Å². The summed E-state index contributed by atoms with van der Waals surface area (Å²) in [6.45, 7) is 9.70. The summed E-state index contributed by atoms with van der Waals surface area (Å²) in [5.41, 5.74) is -0.0412. The average Bonchev–Trinajstić information content (AvgIpc) is 3.64. The van der Waals surface area contributed by atoms with Gasteiger partial charge in [0.2, 0.25) is 23.5 Å². The van der Waals surface area contributed by atoms with Crippen LogP contribution in [0.4, 0.5) is 4.79 Å². The summed E-state index contributed by atoms with van der Waals surface area (Å²) in [6, 6.07) is 4.72. The van der Waals surface area contributed by atoms with E-state index in [9.17, 15) is 24.0 Å². The molecule has 0 unspecified atom stereocenters. The van der Waals surface area contributed by atoms with Crippen molar-refractivity contribution < 1.29 is 28.7 Å².